The Hall–Kier alpha value is -2.45. The molecule has 0 aliphatic carbocycles. The summed E-state index contributed by atoms with van der Waals surface area (Å²) in [5.41, 5.74) is 1.09. The second-order valence-corrected chi connectivity index (χ2v) is 6.86. The first-order chi connectivity index (χ1) is 12.0. The summed E-state index contributed by atoms with van der Waals surface area (Å²) in [4.78, 5) is 12.3. The number of hydrogen-bond acceptors (Lipinski definition) is 5. The molecule has 0 saturated heterocycles. The number of nitrogens with zero attached hydrogens (tertiary/aromatic N) is 4. The molecular weight excluding hydrogens is 365 g/mol. The van der Waals surface area contributed by atoms with Crippen molar-refractivity contribution in [3.05, 3.63) is 59.4 Å². The molecule has 0 fully saturated rings. The van der Waals surface area contributed by atoms with Gasteiger partial charge >= 0.3 is 0 Å². The third kappa shape index (κ3) is 4.34. The van der Waals surface area contributed by atoms with Crippen molar-refractivity contribution in [1.82, 2.24) is 20.2 Å². The van der Waals surface area contributed by atoms with Crippen molar-refractivity contribution in [2.75, 3.05) is 5.32 Å². The van der Waals surface area contributed by atoms with Crippen LogP contribution >= 0.6 is 23.4 Å². The van der Waals surface area contributed by atoms with E-state index in [1.165, 1.54) is 34.6 Å². The number of amides is 1. The van der Waals surface area contributed by atoms with Crippen LogP contribution in [0.2, 0.25) is 5.02 Å². The zero-order valence-electron chi connectivity index (χ0n) is 13.1. The summed E-state index contributed by atoms with van der Waals surface area (Å²) in [6.45, 7) is 1.72. The Labute approximate surface area is 152 Å². The van der Waals surface area contributed by atoms with Crippen LogP contribution in [-0.2, 0) is 4.79 Å². The summed E-state index contributed by atoms with van der Waals surface area (Å²) in [6, 6.07) is 12.8. The minimum Gasteiger partial charge on any atom is -0.325 e. The third-order valence-electron chi connectivity index (χ3n) is 3.24. The van der Waals surface area contributed by atoms with Crippen LogP contribution in [0.5, 0.6) is 0 Å². The standard InChI is InChI=1S/C16H13ClFN5OS/c1-10(15(24)19-13-6-3-5-12(18)9-13)25-16-20-21-22-23(16)14-7-2-4-11(17)8-14/h2-10H,1H3,(H,19,24)/t10-/m1/s1. The second-order valence-electron chi connectivity index (χ2n) is 5.11. The Bertz CT molecular complexity index is 903. The molecule has 0 saturated carbocycles. The number of hydrogen-bond donors (Lipinski definition) is 1. The van der Waals surface area contributed by atoms with E-state index in [2.05, 4.69) is 20.8 Å². The number of benzene rings is 2. The highest BCUT2D eigenvalue weighted by atomic mass is 35.5. The number of rotatable bonds is 5. The predicted octanol–water partition coefficient (Wildman–Crippen LogP) is 3.57. The molecule has 0 aliphatic rings. The zero-order valence-corrected chi connectivity index (χ0v) is 14.6. The molecule has 0 bridgehead atoms. The van der Waals surface area contributed by atoms with Crippen LogP contribution in [-0.4, -0.2) is 31.4 Å². The molecular formula is C16H13ClFN5OS. The fourth-order valence-corrected chi connectivity index (χ4v) is 3.04. The molecule has 1 amide bonds. The molecule has 0 aliphatic heterocycles. The highest BCUT2D eigenvalue weighted by Gasteiger charge is 2.19. The predicted molar refractivity (Wildman–Crippen MR) is 94.5 cm³/mol. The topological polar surface area (TPSA) is 72.7 Å². The second kappa shape index (κ2) is 7.62. The van der Waals surface area contributed by atoms with Crippen LogP contribution < -0.4 is 5.32 Å². The molecule has 3 aromatic rings. The lowest BCUT2D eigenvalue weighted by molar-refractivity contribution is -0.115. The number of tetrazole rings is 1. The Morgan fingerprint density at radius 2 is 2.08 bits per heavy atom. The van der Waals surface area contributed by atoms with E-state index in [4.69, 9.17) is 11.6 Å². The molecule has 0 unspecified atom stereocenters. The van der Waals surface area contributed by atoms with Gasteiger partial charge in [-0.25, -0.2) is 4.39 Å². The first-order valence-electron chi connectivity index (χ1n) is 7.30. The first-order valence-corrected chi connectivity index (χ1v) is 8.56. The minimum absolute atomic E-state index is 0.281. The first kappa shape index (κ1) is 17.4. The molecule has 25 heavy (non-hydrogen) atoms. The van der Waals surface area contributed by atoms with Crippen molar-refractivity contribution >= 4 is 35.0 Å². The number of anilines is 1. The third-order valence-corrected chi connectivity index (χ3v) is 4.51. The van der Waals surface area contributed by atoms with E-state index in [0.717, 1.165) is 0 Å². The van der Waals surface area contributed by atoms with Crippen LogP contribution in [0.15, 0.2) is 53.7 Å². The molecule has 1 aromatic heterocycles. The van der Waals surface area contributed by atoms with E-state index in [-0.39, 0.29) is 5.91 Å². The van der Waals surface area contributed by atoms with Crippen LogP contribution in [0.1, 0.15) is 6.92 Å². The van der Waals surface area contributed by atoms with Gasteiger partial charge < -0.3 is 5.32 Å². The summed E-state index contributed by atoms with van der Waals surface area (Å²) in [5, 5.41) is 14.7. The van der Waals surface area contributed by atoms with Gasteiger partial charge in [-0.3, -0.25) is 4.79 Å². The maximum Gasteiger partial charge on any atom is 0.237 e. The zero-order chi connectivity index (χ0) is 17.8. The summed E-state index contributed by atoms with van der Waals surface area (Å²) < 4.78 is 14.7. The lowest BCUT2D eigenvalue weighted by Crippen LogP contribution is -2.23. The van der Waals surface area contributed by atoms with Gasteiger partial charge in [0.1, 0.15) is 5.82 Å². The van der Waals surface area contributed by atoms with Crippen LogP contribution in [0.3, 0.4) is 0 Å². The largest absolute Gasteiger partial charge is 0.325 e. The summed E-state index contributed by atoms with van der Waals surface area (Å²) in [7, 11) is 0. The number of carbonyl (C=O) groups is 1. The molecule has 9 heteroatoms. The number of thioether (sulfide) groups is 1. The average Bonchev–Trinajstić information content (AvgIpc) is 3.03. The number of carbonyl (C=O) groups excluding carboxylic acids is 1. The van der Waals surface area contributed by atoms with Gasteiger partial charge in [0, 0.05) is 10.7 Å². The van der Waals surface area contributed by atoms with Crippen molar-refractivity contribution in [2.24, 2.45) is 0 Å². The molecule has 128 valence electrons. The number of nitrogens with one attached hydrogen (secondary N) is 1. The summed E-state index contributed by atoms with van der Waals surface area (Å²) in [6.07, 6.45) is 0. The van der Waals surface area contributed by atoms with Gasteiger partial charge in [-0.15, -0.1) is 5.10 Å². The van der Waals surface area contributed by atoms with Crippen molar-refractivity contribution in [3.63, 3.8) is 0 Å². The monoisotopic (exact) mass is 377 g/mol. The lowest BCUT2D eigenvalue weighted by atomic mass is 10.3. The van der Waals surface area contributed by atoms with Gasteiger partial charge in [0.2, 0.25) is 11.1 Å². The Kier molecular flexibility index (Phi) is 5.30. The molecule has 0 radical (unpaired) electrons. The highest BCUT2D eigenvalue weighted by Crippen LogP contribution is 2.25. The maximum atomic E-state index is 13.2. The van der Waals surface area contributed by atoms with Gasteiger partial charge in [-0.05, 0) is 53.7 Å². The fourth-order valence-electron chi connectivity index (χ4n) is 2.04. The molecule has 3 rings (SSSR count). The van der Waals surface area contributed by atoms with Crippen molar-refractivity contribution in [3.8, 4) is 5.69 Å². The van der Waals surface area contributed by atoms with Gasteiger partial charge in [-0.2, -0.15) is 4.68 Å². The average molecular weight is 378 g/mol. The van der Waals surface area contributed by atoms with Crippen molar-refractivity contribution < 1.29 is 9.18 Å². The summed E-state index contributed by atoms with van der Waals surface area (Å²) in [5.74, 6) is -0.695. The number of aromatic nitrogens is 4. The van der Waals surface area contributed by atoms with Gasteiger partial charge in [-0.1, -0.05) is 35.5 Å². The Morgan fingerprint density at radius 3 is 2.84 bits per heavy atom. The van der Waals surface area contributed by atoms with E-state index >= 15 is 0 Å². The van der Waals surface area contributed by atoms with E-state index < -0.39 is 11.1 Å². The van der Waals surface area contributed by atoms with Crippen LogP contribution in [0.25, 0.3) is 5.69 Å². The van der Waals surface area contributed by atoms with Crippen LogP contribution in [0, 0.1) is 5.82 Å². The fraction of sp³-hybridized carbons (Fsp3) is 0.125. The SMILES string of the molecule is C[C@@H](Sc1nnnn1-c1cccc(Cl)c1)C(=O)Nc1cccc(F)c1. The van der Waals surface area contributed by atoms with Gasteiger partial charge in [0.05, 0.1) is 10.9 Å². The lowest BCUT2D eigenvalue weighted by Gasteiger charge is -2.12. The number of halogens is 2. The molecule has 2 aromatic carbocycles. The molecule has 6 nitrogen and oxygen atoms in total. The minimum atomic E-state index is -0.493. The van der Waals surface area contributed by atoms with Crippen LogP contribution in [0.4, 0.5) is 10.1 Å². The van der Waals surface area contributed by atoms with E-state index in [1.54, 1.807) is 31.2 Å². The van der Waals surface area contributed by atoms with Gasteiger partial charge in [0.15, 0.2) is 0 Å². The molecule has 0 spiro atoms. The van der Waals surface area contributed by atoms with Crippen molar-refractivity contribution in [1.29, 1.82) is 0 Å². The van der Waals surface area contributed by atoms with Gasteiger partial charge in [0.25, 0.3) is 0 Å². The Morgan fingerprint density at radius 1 is 1.28 bits per heavy atom. The van der Waals surface area contributed by atoms with E-state index in [1.807, 2.05) is 6.07 Å². The molecule has 1 N–H and O–H groups in total. The summed E-state index contributed by atoms with van der Waals surface area (Å²) >= 11 is 7.18. The highest BCUT2D eigenvalue weighted by molar-refractivity contribution is 8.00. The normalized spacial score (nSPS) is 12.0. The van der Waals surface area contributed by atoms with E-state index in [9.17, 15) is 9.18 Å². The van der Waals surface area contributed by atoms with E-state index in [0.29, 0.717) is 21.6 Å². The Balaban J connectivity index is 1.72. The molecule has 1 heterocycles. The quantitative estimate of drug-likeness (QED) is 0.688. The maximum absolute atomic E-state index is 13.2. The molecule has 1 atom stereocenters. The van der Waals surface area contributed by atoms with Crippen molar-refractivity contribution in [2.45, 2.75) is 17.3 Å². The smallest absolute Gasteiger partial charge is 0.237 e.